The van der Waals surface area contributed by atoms with Crippen molar-refractivity contribution in [2.24, 2.45) is 11.8 Å². The van der Waals surface area contributed by atoms with Crippen LogP contribution in [0.4, 0.5) is 0 Å². The van der Waals surface area contributed by atoms with Crippen molar-refractivity contribution in [3.05, 3.63) is 24.3 Å². The number of amides is 2. The van der Waals surface area contributed by atoms with Crippen molar-refractivity contribution < 1.29 is 29.0 Å². The number of aliphatic hydroxyl groups excluding tert-OH is 1. The minimum absolute atomic E-state index is 0.125. The van der Waals surface area contributed by atoms with Crippen molar-refractivity contribution in [1.29, 1.82) is 0 Å². The van der Waals surface area contributed by atoms with Gasteiger partial charge in [-0.3, -0.25) is 14.4 Å². The van der Waals surface area contributed by atoms with Crippen molar-refractivity contribution in [3.8, 4) is 0 Å². The highest BCUT2D eigenvalue weighted by Crippen LogP contribution is 2.57. The van der Waals surface area contributed by atoms with Crippen molar-refractivity contribution in [3.63, 3.8) is 0 Å². The first-order valence-corrected chi connectivity index (χ1v) is 12.8. The number of hydrogen-bond acceptors (Lipinski definition) is 6. The first-order chi connectivity index (χ1) is 16.3. The van der Waals surface area contributed by atoms with Gasteiger partial charge >= 0.3 is 5.97 Å². The predicted molar refractivity (Wildman–Crippen MR) is 123 cm³/mol. The number of rotatable bonds is 3. The minimum Gasteiger partial charge on any atom is -0.465 e. The molecule has 0 aromatic heterocycles. The van der Waals surface area contributed by atoms with Gasteiger partial charge in [0.2, 0.25) is 11.8 Å². The number of cyclic esters (lactones) is 1. The molecule has 34 heavy (non-hydrogen) atoms. The van der Waals surface area contributed by atoms with Crippen LogP contribution in [0.25, 0.3) is 0 Å². The molecule has 8 nitrogen and oxygen atoms in total. The Morgan fingerprint density at radius 2 is 1.82 bits per heavy atom. The summed E-state index contributed by atoms with van der Waals surface area (Å²) in [5, 5.41) is 10.0. The van der Waals surface area contributed by atoms with Gasteiger partial charge in [0, 0.05) is 12.6 Å². The van der Waals surface area contributed by atoms with Crippen LogP contribution in [0.15, 0.2) is 24.3 Å². The van der Waals surface area contributed by atoms with E-state index in [1.54, 1.807) is 6.92 Å². The van der Waals surface area contributed by atoms with Gasteiger partial charge in [0.25, 0.3) is 0 Å². The van der Waals surface area contributed by atoms with Gasteiger partial charge in [0.15, 0.2) is 0 Å². The molecule has 0 radical (unpaired) electrons. The number of esters is 1. The Kier molecular flexibility index (Phi) is 6.09. The monoisotopic (exact) mass is 472 g/mol. The zero-order valence-electron chi connectivity index (χ0n) is 20.2. The molecule has 4 heterocycles. The normalized spacial score (nSPS) is 40.4. The second kappa shape index (κ2) is 8.79. The molecule has 186 valence electrons. The summed E-state index contributed by atoms with van der Waals surface area (Å²) in [6.07, 6.45) is 14.3. The van der Waals surface area contributed by atoms with E-state index in [4.69, 9.17) is 9.47 Å². The van der Waals surface area contributed by atoms with Crippen LogP contribution in [0.3, 0.4) is 0 Å². The molecule has 1 N–H and O–H groups in total. The van der Waals surface area contributed by atoms with Crippen LogP contribution in [0.1, 0.15) is 58.8 Å². The van der Waals surface area contributed by atoms with E-state index < -0.39 is 41.1 Å². The lowest BCUT2D eigenvalue weighted by atomic mass is 9.74. The lowest BCUT2D eigenvalue weighted by Gasteiger charge is -2.41. The second-order valence-corrected chi connectivity index (χ2v) is 10.7. The van der Waals surface area contributed by atoms with E-state index in [2.05, 4.69) is 0 Å². The number of nitrogens with zero attached hydrogens (tertiary/aromatic N) is 2. The van der Waals surface area contributed by atoms with Crippen LogP contribution in [0.2, 0.25) is 0 Å². The summed E-state index contributed by atoms with van der Waals surface area (Å²) in [6.45, 7) is 4.01. The summed E-state index contributed by atoms with van der Waals surface area (Å²) in [6, 6.07) is -1.39. The Morgan fingerprint density at radius 1 is 1.06 bits per heavy atom. The number of carbonyl (C=O) groups excluding carboxylic acids is 3. The molecule has 1 saturated carbocycles. The van der Waals surface area contributed by atoms with Gasteiger partial charge in [-0.2, -0.15) is 0 Å². The third kappa shape index (κ3) is 3.44. The number of aliphatic hydroxyl groups is 1. The van der Waals surface area contributed by atoms with Crippen LogP contribution in [0.5, 0.6) is 0 Å². The molecule has 1 spiro atoms. The Bertz CT molecular complexity index is 911. The maximum absolute atomic E-state index is 14.2. The number of ether oxygens (including phenoxy) is 2. The lowest BCUT2D eigenvalue weighted by Crippen LogP contribution is -2.59. The van der Waals surface area contributed by atoms with E-state index in [1.165, 1.54) is 11.3 Å². The number of likely N-dealkylation sites (tertiary alicyclic amines) is 1. The van der Waals surface area contributed by atoms with Crippen molar-refractivity contribution >= 4 is 17.8 Å². The Hall–Kier alpha value is -2.19. The van der Waals surface area contributed by atoms with Crippen LogP contribution in [0, 0.1) is 11.8 Å². The first kappa shape index (κ1) is 23.5. The molecule has 2 saturated heterocycles. The molecule has 5 rings (SSSR count). The highest BCUT2D eigenvalue weighted by Gasteiger charge is 2.75. The average molecular weight is 473 g/mol. The van der Waals surface area contributed by atoms with E-state index >= 15 is 0 Å². The van der Waals surface area contributed by atoms with Crippen LogP contribution < -0.4 is 0 Å². The summed E-state index contributed by atoms with van der Waals surface area (Å²) in [5.41, 5.74) is -2.36. The number of fused-ring (bicyclic) bond motifs is 2. The Labute approximate surface area is 200 Å². The largest absolute Gasteiger partial charge is 0.465 e. The van der Waals surface area contributed by atoms with Gasteiger partial charge in [0.05, 0.1) is 30.8 Å². The third-order valence-corrected chi connectivity index (χ3v) is 8.47. The molecule has 8 heteroatoms. The highest BCUT2D eigenvalue weighted by atomic mass is 16.6. The molecule has 1 unspecified atom stereocenters. The van der Waals surface area contributed by atoms with Crippen LogP contribution in [-0.4, -0.2) is 81.8 Å². The number of hydrogen-bond donors (Lipinski definition) is 1. The van der Waals surface area contributed by atoms with Gasteiger partial charge in [-0.1, -0.05) is 43.6 Å². The molecule has 0 aromatic rings. The maximum atomic E-state index is 14.2. The van der Waals surface area contributed by atoms with Gasteiger partial charge in [0.1, 0.15) is 17.6 Å². The van der Waals surface area contributed by atoms with Crippen molar-refractivity contribution in [2.45, 2.75) is 88.1 Å². The first-order valence-electron chi connectivity index (χ1n) is 12.8. The average Bonchev–Trinajstić information content (AvgIpc) is 3.19. The van der Waals surface area contributed by atoms with E-state index in [0.717, 1.165) is 32.1 Å². The lowest BCUT2D eigenvalue weighted by molar-refractivity contribution is -0.161. The Morgan fingerprint density at radius 3 is 2.56 bits per heavy atom. The van der Waals surface area contributed by atoms with E-state index in [0.29, 0.717) is 13.0 Å². The topological polar surface area (TPSA) is 96.4 Å². The van der Waals surface area contributed by atoms with Gasteiger partial charge < -0.3 is 24.4 Å². The Balaban J connectivity index is 1.63. The van der Waals surface area contributed by atoms with Crippen LogP contribution in [-0.2, 0) is 23.9 Å². The standard InChI is InChI=1S/C26H36N2O6/c1-17(16-29)28-21-23(31)27(18-10-5-3-6-11-18)14-9-13-26(21)19(22(28)30)20-24(32)33-15-8-4-7-12-25(20,2)34-26/h7,9,12-13,17-21,29H,3-6,8,10-11,14-16H2,1-2H3/b12-7-/t17-,19+,20+,21?,25-,26+/m1/s1. The van der Waals surface area contributed by atoms with Crippen molar-refractivity contribution in [1.82, 2.24) is 9.80 Å². The summed E-state index contributed by atoms with van der Waals surface area (Å²) >= 11 is 0. The summed E-state index contributed by atoms with van der Waals surface area (Å²) in [4.78, 5) is 44.9. The third-order valence-electron chi connectivity index (χ3n) is 8.47. The predicted octanol–water partition coefficient (Wildman–Crippen LogP) is 1.96. The molecule has 1 aliphatic carbocycles. The quantitative estimate of drug-likeness (QED) is 0.498. The summed E-state index contributed by atoms with van der Waals surface area (Å²) in [7, 11) is 0. The summed E-state index contributed by atoms with van der Waals surface area (Å²) < 4.78 is 12.3. The molecule has 2 amide bonds. The molecule has 3 fully saturated rings. The molecular weight excluding hydrogens is 436 g/mol. The maximum Gasteiger partial charge on any atom is 0.313 e. The van der Waals surface area contributed by atoms with Gasteiger partial charge in [-0.05, 0) is 39.5 Å². The SMILES string of the molecule is C[C@H](CO)N1C(=O)[C@@H]2[C@H]3C(=O)OCCC/C=C\[C@@]3(C)O[C@@]23C=CCN(C2CCCCC2)C(=O)C13. The highest BCUT2D eigenvalue weighted by molar-refractivity contribution is 5.99. The van der Waals surface area contributed by atoms with Crippen LogP contribution >= 0.6 is 0 Å². The van der Waals surface area contributed by atoms with Gasteiger partial charge in [-0.25, -0.2) is 0 Å². The van der Waals surface area contributed by atoms with E-state index in [-0.39, 0.29) is 31.1 Å². The number of carbonyl (C=O) groups is 3. The fourth-order valence-corrected chi connectivity index (χ4v) is 6.87. The van der Waals surface area contributed by atoms with E-state index in [1.807, 2.05) is 36.1 Å². The number of allylic oxidation sites excluding steroid dienone is 1. The smallest absolute Gasteiger partial charge is 0.313 e. The molecule has 0 bridgehead atoms. The molecule has 0 aromatic carbocycles. The molecular formula is C26H36N2O6. The summed E-state index contributed by atoms with van der Waals surface area (Å²) in [5.74, 6) is -2.70. The zero-order chi connectivity index (χ0) is 24.1. The molecule has 6 atom stereocenters. The fraction of sp³-hybridized carbons (Fsp3) is 0.731. The van der Waals surface area contributed by atoms with Crippen molar-refractivity contribution in [2.75, 3.05) is 19.8 Å². The minimum atomic E-state index is -1.29. The molecule has 5 aliphatic rings. The van der Waals surface area contributed by atoms with Gasteiger partial charge in [-0.15, -0.1) is 0 Å². The van der Waals surface area contributed by atoms with E-state index in [9.17, 15) is 19.5 Å². The zero-order valence-corrected chi connectivity index (χ0v) is 20.2. The fourth-order valence-electron chi connectivity index (χ4n) is 6.87. The second-order valence-electron chi connectivity index (χ2n) is 10.7. The molecule has 4 aliphatic heterocycles.